The highest BCUT2D eigenvalue weighted by molar-refractivity contribution is 5.95. The second-order valence-electron chi connectivity index (χ2n) is 1.40. The SMILES string of the molecule is Cl.NN=C1CCC=N1. The normalized spacial score (nSPS) is 21.2. The van der Waals surface area contributed by atoms with E-state index in [1.165, 1.54) is 0 Å². The summed E-state index contributed by atoms with van der Waals surface area (Å²) in [5, 5.41) is 3.41. The van der Waals surface area contributed by atoms with Crippen LogP contribution in [0.5, 0.6) is 0 Å². The Hall–Kier alpha value is -0.570. The van der Waals surface area contributed by atoms with Crippen LogP contribution in [-0.4, -0.2) is 12.1 Å². The highest BCUT2D eigenvalue weighted by Gasteiger charge is 1.98. The first kappa shape index (κ1) is 7.43. The molecule has 0 saturated carbocycles. The molecule has 1 aliphatic rings. The number of aliphatic imine (C=N–C) groups is 1. The molecule has 8 heavy (non-hydrogen) atoms. The van der Waals surface area contributed by atoms with Crippen LogP contribution >= 0.6 is 12.4 Å². The average molecular weight is 134 g/mol. The third-order valence-corrected chi connectivity index (χ3v) is 0.886. The van der Waals surface area contributed by atoms with Gasteiger partial charge in [0, 0.05) is 12.6 Å². The van der Waals surface area contributed by atoms with Crippen LogP contribution in [0.4, 0.5) is 0 Å². The fourth-order valence-electron chi connectivity index (χ4n) is 0.526. The molecule has 1 aliphatic heterocycles. The Balaban J connectivity index is 0.000000490. The van der Waals surface area contributed by atoms with Crippen molar-refractivity contribution in [2.45, 2.75) is 12.8 Å². The van der Waals surface area contributed by atoms with Gasteiger partial charge in [0.25, 0.3) is 0 Å². The second kappa shape index (κ2) is 3.43. The largest absolute Gasteiger partial charge is 0.322 e. The lowest BCUT2D eigenvalue weighted by molar-refractivity contribution is 1.14. The minimum Gasteiger partial charge on any atom is -0.322 e. The number of rotatable bonds is 0. The van der Waals surface area contributed by atoms with Crippen molar-refractivity contribution < 1.29 is 0 Å². The maximum atomic E-state index is 4.91. The molecule has 0 aromatic heterocycles. The highest BCUT2D eigenvalue weighted by atomic mass is 35.5. The summed E-state index contributed by atoms with van der Waals surface area (Å²) in [6.45, 7) is 0. The van der Waals surface area contributed by atoms with Gasteiger partial charge >= 0.3 is 0 Å². The van der Waals surface area contributed by atoms with Crippen LogP contribution in [0.3, 0.4) is 0 Å². The van der Waals surface area contributed by atoms with Gasteiger partial charge < -0.3 is 5.84 Å². The number of hydrogen-bond donors (Lipinski definition) is 1. The fraction of sp³-hybridized carbons (Fsp3) is 0.500. The van der Waals surface area contributed by atoms with E-state index < -0.39 is 0 Å². The minimum absolute atomic E-state index is 0. The molecular formula is C4H8ClN3. The van der Waals surface area contributed by atoms with E-state index in [4.69, 9.17) is 5.84 Å². The average Bonchev–Trinajstić information content (AvgIpc) is 2.14. The van der Waals surface area contributed by atoms with Crippen LogP contribution in [0.15, 0.2) is 10.1 Å². The summed E-state index contributed by atoms with van der Waals surface area (Å²) in [7, 11) is 0. The van der Waals surface area contributed by atoms with Crippen molar-refractivity contribution in [3.05, 3.63) is 0 Å². The van der Waals surface area contributed by atoms with Gasteiger partial charge in [-0.15, -0.1) is 12.4 Å². The predicted molar refractivity (Wildman–Crippen MR) is 36.6 cm³/mol. The van der Waals surface area contributed by atoms with Crippen LogP contribution in [-0.2, 0) is 0 Å². The van der Waals surface area contributed by atoms with Crippen molar-refractivity contribution in [1.29, 1.82) is 0 Å². The van der Waals surface area contributed by atoms with Gasteiger partial charge in [0.1, 0.15) is 5.84 Å². The van der Waals surface area contributed by atoms with Crippen molar-refractivity contribution >= 4 is 24.5 Å². The molecule has 0 atom stereocenters. The van der Waals surface area contributed by atoms with Gasteiger partial charge in [0.05, 0.1) is 0 Å². The Bertz CT molecular complexity index is 116. The van der Waals surface area contributed by atoms with Crippen LogP contribution in [0.25, 0.3) is 0 Å². The topological polar surface area (TPSA) is 50.7 Å². The monoisotopic (exact) mass is 133 g/mol. The van der Waals surface area contributed by atoms with Crippen molar-refractivity contribution in [2.75, 3.05) is 0 Å². The molecule has 0 aromatic rings. The van der Waals surface area contributed by atoms with E-state index in [0.29, 0.717) is 0 Å². The maximum Gasteiger partial charge on any atom is 0.147 e. The fourth-order valence-corrected chi connectivity index (χ4v) is 0.526. The van der Waals surface area contributed by atoms with Crippen molar-refractivity contribution in [3.8, 4) is 0 Å². The predicted octanol–water partition coefficient (Wildman–Crippen LogP) is 0.545. The molecule has 2 N–H and O–H groups in total. The lowest BCUT2D eigenvalue weighted by Gasteiger charge is -1.80. The molecule has 0 spiro atoms. The zero-order chi connectivity index (χ0) is 5.11. The first-order valence-electron chi connectivity index (χ1n) is 2.23. The summed E-state index contributed by atoms with van der Waals surface area (Å²) in [5.74, 6) is 5.67. The van der Waals surface area contributed by atoms with Gasteiger partial charge in [-0.3, -0.25) is 0 Å². The summed E-state index contributed by atoms with van der Waals surface area (Å²) >= 11 is 0. The molecule has 1 rings (SSSR count). The number of nitrogens with two attached hydrogens (primary N) is 1. The standard InChI is InChI=1S/C4H7N3.ClH/c5-7-4-2-1-3-6-4;/h3H,1-2,5H2;1H. The third-order valence-electron chi connectivity index (χ3n) is 0.886. The first-order chi connectivity index (χ1) is 3.43. The van der Waals surface area contributed by atoms with Gasteiger partial charge in [0.2, 0.25) is 0 Å². The van der Waals surface area contributed by atoms with E-state index in [1.807, 2.05) is 6.21 Å². The van der Waals surface area contributed by atoms with Crippen molar-refractivity contribution in [2.24, 2.45) is 15.9 Å². The quantitative estimate of drug-likeness (QED) is 0.381. The lowest BCUT2D eigenvalue weighted by Crippen LogP contribution is -1.91. The number of halogens is 1. The van der Waals surface area contributed by atoms with Crippen molar-refractivity contribution in [3.63, 3.8) is 0 Å². The lowest BCUT2D eigenvalue weighted by atomic mass is 10.4. The van der Waals surface area contributed by atoms with Crippen LogP contribution < -0.4 is 5.84 Å². The van der Waals surface area contributed by atoms with E-state index in [2.05, 4.69) is 10.1 Å². The maximum absolute atomic E-state index is 4.91. The molecule has 0 saturated heterocycles. The van der Waals surface area contributed by atoms with Gasteiger partial charge in [-0.2, -0.15) is 5.10 Å². The molecule has 0 aliphatic carbocycles. The van der Waals surface area contributed by atoms with Gasteiger partial charge in [-0.1, -0.05) is 0 Å². The van der Waals surface area contributed by atoms with E-state index in [9.17, 15) is 0 Å². The number of amidine groups is 1. The summed E-state index contributed by atoms with van der Waals surface area (Å²) in [6, 6.07) is 0. The molecule has 0 amide bonds. The minimum atomic E-state index is 0. The highest BCUT2D eigenvalue weighted by Crippen LogP contribution is 1.98. The molecule has 0 unspecified atom stereocenters. The van der Waals surface area contributed by atoms with Crippen molar-refractivity contribution in [1.82, 2.24) is 0 Å². The zero-order valence-corrected chi connectivity index (χ0v) is 5.19. The molecule has 3 nitrogen and oxygen atoms in total. The Kier molecular flexibility index (Phi) is 3.19. The van der Waals surface area contributed by atoms with E-state index in [-0.39, 0.29) is 12.4 Å². The Morgan fingerprint density at radius 1 is 1.75 bits per heavy atom. The van der Waals surface area contributed by atoms with Gasteiger partial charge in [-0.05, 0) is 6.42 Å². The van der Waals surface area contributed by atoms with Crippen LogP contribution in [0, 0.1) is 0 Å². The summed E-state index contributed by atoms with van der Waals surface area (Å²) in [4.78, 5) is 3.85. The smallest absolute Gasteiger partial charge is 0.147 e. The van der Waals surface area contributed by atoms with Crippen LogP contribution in [0.1, 0.15) is 12.8 Å². The Morgan fingerprint density at radius 2 is 2.50 bits per heavy atom. The molecule has 4 heteroatoms. The number of hydrogen-bond acceptors (Lipinski definition) is 2. The van der Waals surface area contributed by atoms with E-state index >= 15 is 0 Å². The summed E-state index contributed by atoms with van der Waals surface area (Å²) in [5.41, 5.74) is 0. The molecule has 0 fully saturated rings. The molecule has 46 valence electrons. The van der Waals surface area contributed by atoms with Crippen LogP contribution in [0.2, 0.25) is 0 Å². The molecule has 0 aromatic carbocycles. The molecule has 0 radical (unpaired) electrons. The van der Waals surface area contributed by atoms with Gasteiger partial charge in [0.15, 0.2) is 0 Å². The number of hydrazone groups is 1. The summed E-state index contributed by atoms with van der Waals surface area (Å²) < 4.78 is 0. The Morgan fingerprint density at radius 3 is 2.75 bits per heavy atom. The third kappa shape index (κ3) is 1.50. The van der Waals surface area contributed by atoms with E-state index in [1.54, 1.807) is 0 Å². The summed E-state index contributed by atoms with van der Waals surface area (Å²) in [6.07, 6.45) is 3.73. The Labute approximate surface area is 54.1 Å². The first-order valence-corrected chi connectivity index (χ1v) is 2.23. The number of nitrogens with zero attached hydrogens (tertiary/aromatic N) is 2. The molecule has 0 bridgehead atoms. The second-order valence-corrected chi connectivity index (χ2v) is 1.40. The molecule has 1 heterocycles. The molecular weight excluding hydrogens is 126 g/mol. The van der Waals surface area contributed by atoms with E-state index in [0.717, 1.165) is 18.7 Å². The van der Waals surface area contributed by atoms with Gasteiger partial charge in [-0.25, -0.2) is 4.99 Å². The zero-order valence-electron chi connectivity index (χ0n) is 4.37.